The quantitative estimate of drug-likeness (QED) is 0.684. The van der Waals surface area contributed by atoms with Gasteiger partial charge in [-0.05, 0) is 51.0 Å². The molecule has 2 atom stereocenters. The van der Waals surface area contributed by atoms with Crippen LogP contribution in [0.3, 0.4) is 0 Å². The zero-order chi connectivity index (χ0) is 13.7. The summed E-state index contributed by atoms with van der Waals surface area (Å²) in [6.07, 6.45) is 9.03. The molecule has 3 N–H and O–H groups in total. The van der Waals surface area contributed by atoms with Crippen LogP contribution in [0.4, 0.5) is 0 Å². The molecular formula is C15H27NO3. The van der Waals surface area contributed by atoms with Crippen molar-refractivity contribution in [2.75, 3.05) is 6.54 Å². The zero-order valence-corrected chi connectivity index (χ0v) is 11.7. The molecule has 4 nitrogen and oxygen atoms in total. The molecule has 0 aromatic rings. The molecule has 2 unspecified atom stereocenters. The summed E-state index contributed by atoms with van der Waals surface area (Å²) in [4.78, 5) is 10.9. The van der Waals surface area contributed by atoms with Crippen molar-refractivity contribution in [3.05, 3.63) is 0 Å². The molecule has 0 aromatic carbocycles. The summed E-state index contributed by atoms with van der Waals surface area (Å²) < 4.78 is 0. The summed E-state index contributed by atoms with van der Waals surface area (Å²) in [7, 11) is 0. The molecule has 0 aromatic heterocycles. The Morgan fingerprint density at radius 2 is 1.68 bits per heavy atom. The summed E-state index contributed by atoms with van der Waals surface area (Å²) in [6, 6.07) is 0.250. The van der Waals surface area contributed by atoms with Crippen LogP contribution in [-0.4, -0.2) is 34.9 Å². The largest absolute Gasteiger partial charge is 0.481 e. The molecule has 19 heavy (non-hydrogen) atoms. The Balaban J connectivity index is 1.69. The standard InChI is InChI=1S/C15H27NO3/c17-14-5-3-1-2-4-13(14)16-10-11-6-8-12(9-7-11)15(18)19/h11-14,16-17H,1-10H2,(H,18,19). The van der Waals surface area contributed by atoms with E-state index in [0.29, 0.717) is 5.92 Å². The molecule has 0 spiro atoms. The molecular weight excluding hydrogens is 242 g/mol. The maximum absolute atomic E-state index is 10.9. The van der Waals surface area contributed by atoms with E-state index in [0.717, 1.165) is 51.5 Å². The number of aliphatic hydroxyl groups is 1. The lowest BCUT2D eigenvalue weighted by molar-refractivity contribution is -0.143. The SMILES string of the molecule is O=C(O)C1CCC(CNC2CCCCCC2O)CC1. The van der Waals surface area contributed by atoms with Crippen LogP contribution < -0.4 is 5.32 Å². The summed E-state index contributed by atoms with van der Waals surface area (Å²) >= 11 is 0. The second-order valence-electron chi connectivity index (χ2n) is 6.28. The summed E-state index contributed by atoms with van der Waals surface area (Å²) in [5.74, 6) is -0.170. The van der Waals surface area contributed by atoms with Gasteiger partial charge >= 0.3 is 5.97 Å². The van der Waals surface area contributed by atoms with Crippen molar-refractivity contribution in [1.82, 2.24) is 5.32 Å². The highest BCUT2D eigenvalue weighted by Crippen LogP contribution is 2.29. The lowest BCUT2D eigenvalue weighted by Crippen LogP contribution is -2.42. The maximum Gasteiger partial charge on any atom is 0.306 e. The van der Waals surface area contributed by atoms with Gasteiger partial charge in [0.2, 0.25) is 0 Å². The van der Waals surface area contributed by atoms with Crippen LogP contribution in [0.25, 0.3) is 0 Å². The average Bonchev–Trinajstić information content (AvgIpc) is 2.61. The minimum Gasteiger partial charge on any atom is -0.481 e. The van der Waals surface area contributed by atoms with Crippen LogP contribution >= 0.6 is 0 Å². The second-order valence-corrected chi connectivity index (χ2v) is 6.28. The smallest absolute Gasteiger partial charge is 0.306 e. The van der Waals surface area contributed by atoms with Gasteiger partial charge in [-0.2, -0.15) is 0 Å². The van der Waals surface area contributed by atoms with E-state index in [2.05, 4.69) is 5.32 Å². The fourth-order valence-corrected chi connectivity index (χ4v) is 3.46. The molecule has 4 heteroatoms. The average molecular weight is 269 g/mol. The van der Waals surface area contributed by atoms with Gasteiger partial charge in [-0.25, -0.2) is 0 Å². The van der Waals surface area contributed by atoms with Crippen molar-refractivity contribution >= 4 is 5.97 Å². The van der Waals surface area contributed by atoms with E-state index < -0.39 is 5.97 Å². The van der Waals surface area contributed by atoms with Crippen molar-refractivity contribution in [2.24, 2.45) is 11.8 Å². The van der Waals surface area contributed by atoms with Gasteiger partial charge in [-0.1, -0.05) is 19.3 Å². The van der Waals surface area contributed by atoms with Crippen LogP contribution in [0.15, 0.2) is 0 Å². The van der Waals surface area contributed by atoms with E-state index >= 15 is 0 Å². The van der Waals surface area contributed by atoms with Gasteiger partial charge in [-0.15, -0.1) is 0 Å². The third kappa shape index (κ3) is 4.46. The van der Waals surface area contributed by atoms with Crippen LogP contribution in [0.1, 0.15) is 57.8 Å². The Labute approximate surface area is 115 Å². The van der Waals surface area contributed by atoms with Gasteiger partial charge in [0.25, 0.3) is 0 Å². The second kappa shape index (κ2) is 7.25. The molecule has 0 bridgehead atoms. The Hall–Kier alpha value is -0.610. The first-order valence-corrected chi connectivity index (χ1v) is 7.81. The van der Waals surface area contributed by atoms with Gasteiger partial charge in [0, 0.05) is 6.04 Å². The number of aliphatic carboxylic acids is 1. The van der Waals surface area contributed by atoms with Crippen LogP contribution in [-0.2, 0) is 4.79 Å². The highest BCUT2D eigenvalue weighted by molar-refractivity contribution is 5.69. The first-order valence-electron chi connectivity index (χ1n) is 7.81. The minimum atomic E-state index is -0.634. The third-order valence-electron chi connectivity index (χ3n) is 4.84. The zero-order valence-electron chi connectivity index (χ0n) is 11.7. The fourth-order valence-electron chi connectivity index (χ4n) is 3.46. The number of hydrogen-bond donors (Lipinski definition) is 3. The van der Waals surface area contributed by atoms with Gasteiger partial charge in [0.05, 0.1) is 12.0 Å². The van der Waals surface area contributed by atoms with Crippen molar-refractivity contribution in [2.45, 2.75) is 69.9 Å². The van der Waals surface area contributed by atoms with E-state index in [9.17, 15) is 9.90 Å². The third-order valence-corrected chi connectivity index (χ3v) is 4.84. The van der Waals surface area contributed by atoms with E-state index in [4.69, 9.17) is 5.11 Å². The monoisotopic (exact) mass is 269 g/mol. The number of rotatable bonds is 4. The highest BCUT2D eigenvalue weighted by Gasteiger charge is 2.27. The summed E-state index contributed by atoms with van der Waals surface area (Å²) in [5, 5.41) is 22.6. The topological polar surface area (TPSA) is 69.6 Å². The van der Waals surface area contributed by atoms with E-state index in [1.54, 1.807) is 0 Å². The van der Waals surface area contributed by atoms with E-state index in [1.165, 1.54) is 12.8 Å². The number of carbonyl (C=O) groups is 1. The molecule has 2 rings (SSSR count). The van der Waals surface area contributed by atoms with Crippen molar-refractivity contribution in [3.63, 3.8) is 0 Å². The molecule has 110 valence electrons. The molecule has 2 saturated carbocycles. The Morgan fingerprint density at radius 1 is 1.00 bits per heavy atom. The number of carboxylic acid groups (broad SMARTS) is 1. The van der Waals surface area contributed by atoms with Crippen molar-refractivity contribution in [1.29, 1.82) is 0 Å². The molecule has 0 heterocycles. The minimum absolute atomic E-state index is 0.125. The molecule has 0 saturated heterocycles. The molecule has 0 radical (unpaired) electrons. The first kappa shape index (κ1) is 14.8. The Bertz CT molecular complexity index is 287. The first-order chi connectivity index (χ1) is 9.16. The normalized spacial score (nSPS) is 36.7. The van der Waals surface area contributed by atoms with Gasteiger partial charge in [-0.3, -0.25) is 4.79 Å². The Kier molecular flexibility index (Phi) is 5.64. The fraction of sp³-hybridized carbons (Fsp3) is 0.933. The molecule has 2 fully saturated rings. The highest BCUT2D eigenvalue weighted by atomic mass is 16.4. The van der Waals surface area contributed by atoms with Crippen LogP contribution in [0.2, 0.25) is 0 Å². The number of nitrogens with one attached hydrogen (secondary N) is 1. The van der Waals surface area contributed by atoms with Crippen LogP contribution in [0.5, 0.6) is 0 Å². The molecule has 0 amide bonds. The predicted molar refractivity (Wildman–Crippen MR) is 74.0 cm³/mol. The molecule has 2 aliphatic carbocycles. The van der Waals surface area contributed by atoms with Gasteiger partial charge in [0.15, 0.2) is 0 Å². The van der Waals surface area contributed by atoms with Gasteiger partial charge in [0.1, 0.15) is 0 Å². The maximum atomic E-state index is 10.9. The Morgan fingerprint density at radius 3 is 2.37 bits per heavy atom. The molecule has 0 aliphatic heterocycles. The summed E-state index contributed by atoms with van der Waals surface area (Å²) in [5.41, 5.74) is 0. The van der Waals surface area contributed by atoms with E-state index in [1.807, 2.05) is 0 Å². The predicted octanol–water partition coefficient (Wildman–Crippen LogP) is 2.16. The lowest BCUT2D eigenvalue weighted by atomic mass is 9.82. The number of hydrogen-bond acceptors (Lipinski definition) is 3. The van der Waals surface area contributed by atoms with Crippen molar-refractivity contribution in [3.8, 4) is 0 Å². The van der Waals surface area contributed by atoms with Gasteiger partial charge < -0.3 is 15.5 Å². The van der Waals surface area contributed by atoms with Crippen molar-refractivity contribution < 1.29 is 15.0 Å². The summed E-state index contributed by atoms with van der Waals surface area (Å²) in [6.45, 7) is 0.939. The number of carboxylic acids is 1. The molecule has 2 aliphatic rings. The lowest BCUT2D eigenvalue weighted by Gasteiger charge is -2.29. The number of aliphatic hydroxyl groups excluding tert-OH is 1. The van der Waals surface area contributed by atoms with Crippen LogP contribution in [0, 0.1) is 11.8 Å². The van der Waals surface area contributed by atoms with E-state index in [-0.39, 0.29) is 18.1 Å².